The van der Waals surface area contributed by atoms with Crippen molar-refractivity contribution in [2.75, 3.05) is 7.11 Å². The van der Waals surface area contributed by atoms with Gasteiger partial charge in [0.2, 0.25) is 5.82 Å². The average molecular weight is 499 g/mol. The first-order valence-corrected chi connectivity index (χ1v) is 14.0. The monoisotopic (exact) mass is 498 g/mol. The number of aryl methyl sites for hydroxylation is 1. The highest BCUT2D eigenvalue weighted by Crippen LogP contribution is 2.42. The summed E-state index contributed by atoms with van der Waals surface area (Å²) in [7, 11) is 1.28. The topological polar surface area (TPSA) is 9.23 Å². The lowest BCUT2D eigenvalue weighted by atomic mass is 9.68. The highest BCUT2D eigenvalue weighted by molar-refractivity contribution is 5.65. The Hall–Kier alpha value is -2.23. The number of benzene rings is 2. The van der Waals surface area contributed by atoms with Crippen LogP contribution in [0.15, 0.2) is 42.5 Å². The Morgan fingerprint density at radius 3 is 2.19 bits per heavy atom. The van der Waals surface area contributed by atoms with Crippen molar-refractivity contribution < 1.29 is 17.9 Å². The van der Waals surface area contributed by atoms with Crippen LogP contribution in [0.4, 0.5) is 13.2 Å². The Balaban J connectivity index is 1.23. The normalized spacial score (nSPS) is 24.8. The summed E-state index contributed by atoms with van der Waals surface area (Å²) in [6.07, 6.45) is 19.7. The second-order valence-electron chi connectivity index (χ2n) is 11.0. The number of halogens is 3. The number of hydrogen-bond donors (Lipinski definition) is 0. The van der Waals surface area contributed by atoms with Gasteiger partial charge in [-0.25, -0.2) is 8.78 Å². The number of methoxy groups -OCH3 is 1. The molecule has 0 heterocycles. The van der Waals surface area contributed by atoms with Gasteiger partial charge in [0.25, 0.3) is 0 Å². The van der Waals surface area contributed by atoms with E-state index in [0.29, 0.717) is 23.5 Å². The van der Waals surface area contributed by atoms with E-state index in [1.54, 1.807) is 12.1 Å². The van der Waals surface area contributed by atoms with Gasteiger partial charge in [-0.3, -0.25) is 0 Å². The smallest absolute Gasteiger partial charge is 0.201 e. The van der Waals surface area contributed by atoms with Crippen LogP contribution in [0.3, 0.4) is 0 Å². The Bertz CT molecular complexity index is 1010. The van der Waals surface area contributed by atoms with Gasteiger partial charge >= 0.3 is 0 Å². The Labute approximate surface area is 215 Å². The molecule has 0 saturated heterocycles. The second kappa shape index (κ2) is 12.8. The van der Waals surface area contributed by atoms with Crippen molar-refractivity contribution in [1.29, 1.82) is 0 Å². The van der Waals surface area contributed by atoms with Crippen molar-refractivity contribution in [3.05, 3.63) is 65.5 Å². The number of allylic oxidation sites excluding steroid dienone is 2. The zero-order valence-corrected chi connectivity index (χ0v) is 21.9. The third kappa shape index (κ3) is 6.55. The molecule has 2 saturated carbocycles. The molecule has 1 nitrogen and oxygen atoms in total. The summed E-state index contributed by atoms with van der Waals surface area (Å²) in [5.41, 5.74) is 0.949. The Morgan fingerprint density at radius 2 is 1.56 bits per heavy atom. The first-order chi connectivity index (χ1) is 17.5. The van der Waals surface area contributed by atoms with Crippen molar-refractivity contribution in [1.82, 2.24) is 0 Å². The van der Waals surface area contributed by atoms with Crippen LogP contribution in [-0.4, -0.2) is 7.11 Å². The maximum absolute atomic E-state index is 14.7. The van der Waals surface area contributed by atoms with Crippen LogP contribution in [0.1, 0.15) is 83.1 Å². The molecule has 0 amide bonds. The summed E-state index contributed by atoms with van der Waals surface area (Å²) in [5, 5.41) is 0. The van der Waals surface area contributed by atoms with Crippen molar-refractivity contribution in [3.8, 4) is 16.9 Å². The van der Waals surface area contributed by atoms with Gasteiger partial charge < -0.3 is 4.74 Å². The van der Waals surface area contributed by atoms with E-state index in [2.05, 4.69) is 19.1 Å². The van der Waals surface area contributed by atoms with E-state index in [9.17, 15) is 13.2 Å². The first kappa shape index (κ1) is 26.8. The molecule has 0 bridgehead atoms. The molecule has 2 fully saturated rings. The quantitative estimate of drug-likeness (QED) is 0.313. The fourth-order valence-corrected chi connectivity index (χ4v) is 6.52. The van der Waals surface area contributed by atoms with Crippen LogP contribution in [0.5, 0.6) is 5.75 Å². The molecular weight excluding hydrogens is 457 g/mol. The minimum Gasteiger partial charge on any atom is -0.494 e. The molecule has 0 aromatic heterocycles. The van der Waals surface area contributed by atoms with Crippen LogP contribution in [-0.2, 0) is 6.42 Å². The summed E-state index contributed by atoms with van der Waals surface area (Å²) < 4.78 is 47.9. The van der Waals surface area contributed by atoms with Gasteiger partial charge in [-0.1, -0.05) is 56.9 Å². The summed E-state index contributed by atoms with van der Waals surface area (Å²) in [6.45, 7) is 2.31. The highest BCUT2D eigenvalue weighted by Gasteiger charge is 2.30. The third-order valence-electron chi connectivity index (χ3n) is 8.69. The molecule has 36 heavy (non-hydrogen) atoms. The third-order valence-corrected chi connectivity index (χ3v) is 8.69. The molecule has 4 heteroatoms. The van der Waals surface area contributed by atoms with Crippen LogP contribution >= 0.6 is 0 Å². The molecule has 0 atom stereocenters. The largest absolute Gasteiger partial charge is 0.494 e. The second-order valence-corrected chi connectivity index (χ2v) is 11.0. The van der Waals surface area contributed by atoms with E-state index in [1.807, 2.05) is 0 Å². The lowest BCUT2D eigenvalue weighted by Crippen LogP contribution is -2.25. The van der Waals surface area contributed by atoms with E-state index < -0.39 is 11.6 Å². The Kier molecular flexibility index (Phi) is 9.56. The molecule has 0 N–H and O–H groups in total. The van der Waals surface area contributed by atoms with E-state index in [4.69, 9.17) is 4.74 Å². The van der Waals surface area contributed by atoms with Crippen molar-refractivity contribution in [2.45, 2.75) is 84.0 Å². The standard InChI is InChI=1S/C32H41F3O/c1-3-6-22-9-13-24(14-10-22)25-15-11-23(12-16-25)7-4-5-8-26-17-18-27(21-29(26)33)28-19-20-30(36-2)32(35)31(28)34/h4,7,17-25H,3,5-6,8-16H2,1-2H3/b7-4+. The minimum atomic E-state index is -1.06. The Morgan fingerprint density at radius 1 is 0.861 bits per heavy atom. The fraction of sp³-hybridized carbons (Fsp3) is 0.562. The zero-order chi connectivity index (χ0) is 25.5. The van der Waals surface area contributed by atoms with Gasteiger partial charge in [0, 0.05) is 5.56 Å². The van der Waals surface area contributed by atoms with Gasteiger partial charge in [-0.05, 0) is 104 Å². The molecule has 2 aromatic rings. The van der Waals surface area contributed by atoms with Gasteiger partial charge in [-0.15, -0.1) is 0 Å². The molecular formula is C32H41F3O. The lowest BCUT2D eigenvalue weighted by Gasteiger charge is -2.37. The minimum absolute atomic E-state index is 0.0308. The van der Waals surface area contributed by atoms with Crippen LogP contribution < -0.4 is 4.74 Å². The van der Waals surface area contributed by atoms with Crippen LogP contribution in [0.25, 0.3) is 11.1 Å². The van der Waals surface area contributed by atoms with Crippen molar-refractivity contribution in [2.24, 2.45) is 23.7 Å². The van der Waals surface area contributed by atoms with E-state index in [0.717, 1.165) is 24.2 Å². The average Bonchev–Trinajstić information content (AvgIpc) is 2.90. The van der Waals surface area contributed by atoms with Crippen molar-refractivity contribution in [3.63, 3.8) is 0 Å². The molecule has 0 spiro atoms. The molecule has 2 aliphatic carbocycles. The number of ether oxygens (including phenoxy) is 1. The molecule has 0 aliphatic heterocycles. The lowest BCUT2D eigenvalue weighted by molar-refractivity contribution is 0.152. The number of rotatable bonds is 9. The molecule has 0 unspecified atom stereocenters. The van der Waals surface area contributed by atoms with Gasteiger partial charge in [-0.2, -0.15) is 4.39 Å². The van der Waals surface area contributed by atoms with Crippen molar-refractivity contribution >= 4 is 0 Å². The van der Waals surface area contributed by atoms with Crippen LogP contribution in [0, 0.1) is 41.1 Å². The molecule has 0 radical (unpaired) electrons. The van der Waals surface area contributed by atoms with Gasteiger partial charge in [0.1, 0.15) is 5.82 Å². The SMILES string of the molecule is CCCC1CCC(C2CCC(/C=C/CCc3ccc(-c4ccc(OC)c(F)c4F)cc3F)CC2)CC1. The van der Waals surface area contributed by atoms with E-state index in [1.165, 1.54) is 89.5 Å². The summed E-state index contributed by atoms with van der Waals surface area (Å²) in [6, 6.07) is 7.40. The summed E-state index contributed by atoms with van der Waals surface area (Å²) in [5.74, 6) is 0.886. The molecule has 2 aromatic carbocycles. The predicted octanol–water partition coefficient (Wildman–Crippen LogP) is 9.68. The maximum Gasteiger partial charge on any atom is 0.201 e. The molecule has 4 rings (SSSR count). The maximum atomic E-state index is 14.7. The summed E-state index contributed by atoms with van der Waals surface area (Å²) in [4.78, 5) is 0. The predicted molar refractivity (Wildman–Crippen MR) is 142 cm³/mol. The number of hydrogen-bond acceptors (Lipinski definition) is 1. The summed E-state index contributed by atoms with van der Waals surface area (Å²) >= 11 is 0. The first-order valence-electron chi connectivity index (χ1n) is 14.0. The molecule has 196 valence electrons. The van der Waals surface area contributed by atoms with Gasteiger partial charge in [0.05, 0.1) is 7.11 Å². The fourth-order valence-electron chi connectivity index (χ4n) is 6.52. The van der Waals surface area contributed by atoms with E-state index in [-0.39, 0.29) is 17.1 Å². The highest BCUT2D eigenvalue weighted by atomic mass is 19.2. The molecule has 2 aliphatic rings. The zero-order valence-electron chi connectivity index (χ0n) is 21.9. The van der Waals surface area contributed by atoms with Gasteiger partial charge in [0.15, 0.2) is 11.6 Å². The van der Waals surface area contributed by atoms with E-state index >= 15 is 0 Å². The van der Waals surface area contributed by atoms with Crippen LogP contribution in [0.2, 0.25) is 0 Å².